The van der Waals surface area contributed by atoms with Gasteiger partial charge < -0.3 is 20.7 Å². The summed E-state index contributed by atoms with van der Waals surface area (Å²) in [6.45, 7) is 2.79. The van der Waals surface area contributed by atoms with Gasteiger partial charge in [-0.05, 0) is 30.7 Å². The van der Waals surface area contributed by atoms with E-state index >= 15 is 0 Å². The smallest absolute Gasteiger partial charge is 0.318 e. The van der Waals surface area contributed by atoms with Crippen molar-refractivity contribution in [1.82, 2.24) is 5.32 Å². The molecule has 0 aliphatic heterocycles. The normalized spacial score (nSPS) is 10.0. The van der Waals surface area contributed by atoms with Crippen molar-refractivity contribution in [3.8, 4) is 0 Å². The Labute approximate surface area is 125 Å². The van der Waals surface area contributed by atoms with Crippen molar-refractivity contribution in [2.24, 2.45) is 0 Å². The van der Waals surface area contributed by atoms with Crippen molar-refractivity contribution in [2.45, 2.75) is 26.2 Å². The fourth-order valence-corrected chi connectivity index (χ4v) is 1.65. The molecule has 0 aliphatic carbocycles. The molecule has 116 valence electrons. The Hall–Kier alpha value is -2.08. The van der Waals surface area contributed by atoms with E-state index in [0.717, 1.165) is 19.3 Å². The highest BCUT2D eigenvalue weighted by Gasteiger charge is 2.03. The summed E-state index contributed by atoms with van der Waals surface area (Å²) in [6, 6.07) is 6.59. The minimum absolute atomic E-state index is 0.0575. The van der Waals surface area contributed by atoms with Crippen LogP contribution in [-0.4, -0.2) is 32.2 Å². The molecule has 1 rings (SSSR count). The van der Waals surface area contributed by atoms with Gasteiger partial charge in [-0.1, -0.05) is 19.8 Å². The molecule has 6 nitrogen and oxygen atoms in total. The average Bonchev–Trinajstić information content (AvgIpc) is 2.49. The van der Waals surface area contributed by atoms with Gasteiger partial charge in [-0.3, -0.25) is 4.79 Å². The standard InChI is InChI=1S/C15H23N3O3/c1-3-4-5-10-21-11-14(19)17-12-6-8-13(9-7-12)18-15(20)16-2/h6-9H,3-5,10-11H2,1-2H3,(H,17,19)(H2,16,18,20). The Morgan fingerprint density at radius 2 is 1.67 bits per heavy atom. The first kappa shape index (κ1) is 17.0. The number of hydrogen-bond donors (Lipinski definition) is 3. The zero-order chi connectivity index (χ0) is 15.5. The van der Waals surface area contributed by atoms with E-state index in [4.69, 9.17) is 4.74 Å². The molecule has 21 heavy (non-hydrogen) atoms. The zero-order valence-corrected chi connectivity index (χ0v) is 12.6. The molecule has 0 saturated heterocycles. The van der Waals surface area contributed by atoms with E-state index < -0.39 is 0 Å². The molecule has 3 amide bonds. The van der Waals surface area contributed by atoms with Gasteiger partial charge in [0.05, 0.1) is 0 Å². The fourth-order valence-electron chi connectivity index (χ4n) is 1.65. The number of hydrogen-bond acceptors (Lipinski definition) is 3. The maximum atomic E-state index is 11.6. The van der Waals surface area contributed by atoms with Crippen LogP contribution in [0.5, 0.6) is 0 Å². The second-order valence-corrected chi connectivity index (χ2v) is 4.59. The first-order valence-corrected chi connectivity index (χ1v) is 7.12. The molecule has 0 aromatic heterocycles. The van der Waals surface area contributed by atoms with Crippen molar-refractivity contribution in [1.29, 1.82) is 0 Å². The Bertz CT molecular complexity index is 446. The number of ether oxygens (including phenoxy) is 1. The second-order valence-electron chi connectivity index (χ2n) is 4.59. The largest absolute Gasteiger partial charge is 0.372 e. The number of amides is 3. The Balaban J connectivity index is 2.31. The van der Waals surface area contributed by atoms with E-state index in [0.29, 0.717) is 18.0 Å². The van der Waals surface area contributed by atoms with E-state index in [2.05, 4.69) is 22.9 Å². The lowest BCUT2D eigenvalue weighted by molar-refractivity contribution is -0.120. The van der Waals surface area contributed by atoms with Gasteiger partial charge in [-0.25, -0.2) is 4.79 Å². The quantitative estimate of drug-likeness (QED) is 0.644. The summed E-state index contributed by atoms with van der Waals surface area (Å²) in [5.74, 6) is -0.182. The highest BCUT2D eigenvalue weighted by atomic mass is 16.5. The lowest BCUT2D eigenvalue weighted by atomic mass is 10.2. The van der Waals surface area contributed by atoms with Gasteiger partial charge in [-0.15, -0.1) is 0 Å². The molecule has 0 unspecified atom stereocenters. The minimum atomic E-state index is -0.285. The number of carbonyl (C=O) groups excluding carboxylic acids is 2. The predicted octanol–water partition coefficient (Wildman–Crippen LogP) is 2.58. The molecule has 0 fully saturated rings. The van der Waals surface area contributed by atoms with Gasteiger partial charge in [0.25, 0.3) is 0 Å². The molecule has 6 heteroatoms. The molecule has 0 heterocycles. The van der Waals surface area contributed by atoms with Gasteiger partial charge in [0.2, 0.25) is 5.91 Å². The minimum Gasteiger partial charge on any atom is -0.372 e. The number of rotatable bonds is 8. The fraction of sp³-hybridized carbons (Fsp3) is 0.467. The lowest BCUT2D eigenvalue weighted by Gasteiger charge is -2.08. The van der Waals surface area contributed by atoms with Crippen molar-refractivity contribution in [3.63, 3.8) is 0 Å². The number of anilines is 2. The first-order chi connectivity index (χ1) is 10.2. The van der Waals surface area contributed by atoms with Gasteiger partial charge in [-0.2, -0.15) is 0 Å². The van der Waals surface area contributed by atoms with Gasteiger partial charge >= 0.3 is 6.03 Å². The maximum absolute atomic E-state index is 11.6. The summed E-state index contributed by atoms with van der Waals surface area (Å²) in [5, 5.41) is 7.84. The molecule has 0 aliphatic rings. The van der Waals surface area contributed by atoms with E-state index in [1.165, 1.54) is 0 Å². The van der Waals surface area contributed by atoms with Crippen LogP contribution in [0.4, 0.5) is 16.2 Å². The van der Waals surface area contributed by atoms with Crippen LogP contribution in [0.3, 0.4) is 0 Å². The van der Waals surface area contributed by atoms with E-state index in [1.54, 1.807) is 31.3 Å². The summed E-state index contributed by atoms with van der Waals surface area (Å²) in [4.78, 5) is 22.8. The molecular formula is C15H23N3O3. The topological polar surface area (TPSA) is 79.5 Å². The maximum Gasteiger partial charge on any atom is 0.318 e. The molecule has 3 N–H and O–H groups in total. The second kappa shape index (κ2) is 9.77. The zero-order valence-electron chi connectivity index (χ0n) is 12.6. The van der Waals surface area contributed by atoms with Crippen LogP contribution in [0, 0.1) is 0 Å². The summed E-state index contributed by atoms with van der Waals surface area (Å²) in [7, 11) is 1.55. The van der Waals surface area contributed by atoms with Crippen LogP contribution < -0.4 is 16.0 Å². The van der Waals surface area contributed by atoms with E-state index in [1.807, 2.05) is 0 Å². The Kier molecular flexibility index (Phi) is 7.89. The monoisotopic (exact) mass is 293 g/mol. The molecule has 0 spiro atoms. The molecule has 1 aromatic rings. The van der Waals surface area contributed by atoms with Crippen molar-refractivity contribution in [2.75, 3.05) is 30.9 Å². The lowest BCUT2D eigenvalue weighted by Crippen LogP contribution is -2.24. The van der Waals surface area contributed by atoms with E-state index in [-0.39, 0.29) is 18.5 Å². The van der Waals surface area contributed by atoms with Crippen LogP contribution in [0.15, 0.2) is 24.3 Å². The third-order valence-electron chi connectivity index (χ3n) is 2.78. The van der Waals surface area contributed by atoms with Crippen LogP contribution in [0.1, 0.15) is 26.2 Å². The number of benzene rings is 1. The molecule has 0 bridgehead atoms. The van der Waals surface area contributed by atoms with Crippen molar-refractivity contribution >= 4 is 23.3 Å². The Morgan fingerprint density at radius 1 is 1.05 bits per heavy atom. The predicted molar refractivity (Wildman–Crippen MR) is 83.5 cm³/mol. The Morgan fingerprint density at radius 3 is 2.24 bits per heavy atom. The van der Waals surface area contributed by atoms with Gasteiger partial charge in [0, 0.05) is 25.0 Å². The van der Waals surface area contributed by atoms with Gasteiger partial charge in [0.1, 0.15) is 6.61 Å². The third-order valence-corrected chi connectivity index (χ3v) is 2.78. The molecule has 0 atom stereocenters. The average molecular weight is 293 g/mol. The molecule has 0 saturated carbocycles. The summed E-state index contributed by atoms with van der Waals surface area (Å²) >= 11 is 0. The van der Waals surface area contributed by atoms with Crippen molar-refractivity contribution < 1.29 is 14.3 Å². The van der Waals surface area contributed by atoms with Crippen LogP contribution in [-0.2, 0) is 9.53 Å². The summed E-state index contributed by atoms with van der Waals surface area (Å²) < 4.78 is 5.28. The molecule has 1 aromatic carbocycles. The molecule has 0 radical (unpaired) electrons. The molecular weight excluding hydrogens is 270 g/mol. The van der Waals surface area contributed by atoms with E-state index in [9.17, 15) is 9.59 Å². The summed E-state index contributed by atoms with van der Waals surface area (Å²) in [5.41, 5.74) is 1.32. The van der Waals surface area contributed by atoms with Crippen LogP contribution in [0.25, 0.3) is 0 Å². The summed E-state index contributed by atoms with van der Waals surface area (Å²) in [6.07, 6.45) is 3.22. The highest BCUT2D eigenvalue weighted by Crippen LogP contribution is 2.13. The third kappa shape index (κ3) is 7.31. The van der Waals surface area contributed by atoms with Gasteiger partial charge in [0.15, 0.2) is 0 Å². The number of unbranched alkanes of at least 4 members (excludes halogenated alkanes) is 2. The van der Waals surface area contributed by atoms with Crippen molar-refractivity contribution in [3.05, 3.63) is 24.3 Å². The first-order valence-electron chi connectivity index (χ1n) is 7.12. The number of nitrogens with one attached hydrogen (secondary N) is 3. The van der Waals surface area contributed by atoms with Crippen LogP contribution >= 0.6 is 0 Å². The number of urea groups is 1. The number of carbonyl (C=O) groups is 2. The SMILES string of the molecule is CCCCCOCC(=O)Nc1ccc(NC(=O)NC)cc1. The van der Waals surface area contributed by atoms with Crippen LogP contribution in [0.2, 0.25) is 0 Å². The highest BCUT2D eigenvalue weighted by molar-refractivity contribution is 5.92.